The Morgan fingerprint density at radius 3 is 2.53 bits per heavy atom. The number of ether oxygens (including phenoxy) is 1. The van der Waals surface area contributed by atoms with Crippen LogP contribution in [0.15, 0.2) is 34.9 Å². The molecule has 2 rings (SSSR count). The fourth-order valence-corrected chi connectivity index (χ4v) is 1.70. The van der Waals surface area contributed by atoms with Crippen LogP contribution in [0.5, 0.6) is 5.75 Å². The maximum absolute atomic E-state index is 5.62. The zero-order valence-electron chi connectivity index (χ0n) is 9.14. The third-order valence-electron chi connectivity index (χ3n) is 2.06. The monoisotopic (exact) mass is 294 g/mol. The first kappa shape index (κ1) is 11.7. The average Bonchev–Trinajstić information content (AvgIpc) is 2.28. The number of nitrogen functional groups attached to an aromatic ring is 1. The quantitative estimate of drug-likeness (QED) is 0.851. The van der Waals surface area contributed by atoms with E-state index in [4.69, 9.17) is 10.5 Å². The smallest absolute Gasteiger partial charge is 0.230 e. The van der Waals surface area contributed by atoms with Crippen molar-refractivity contribution in [3.05, 3.63) is 34.9 Å². The topological polar surface area (TPSA) is 73.1 Å². The number of benzene rings is 1. The van der Waals surface area contributed by atoms with E-state index < -0.39 is 0 Å². The van der Waals surface area contributed by atoms with E-state index in [0.717, 1.165) is 11.4 Å². The van der Waals surface area contributed by atoms with Crippen LogP contribution in [0.2, 0.25) is 0 Å². The molecule has 0 amide bonds. The second kappa shape index (κ2) is 5.01. The SMILES string of the molecule is COc1ccc(Nc2nc(N)cc(Br)n2)cc1. The molecule has 1 aromatic carbocycles. The normalized spacial score (nSPS) is 10.0. The fourth-order valence-electron chi connectivity index (χ4n) is 1.29. The van der Waals surface area contributed by atoms with Gasteiger partial charge in [0.05, 0.1) is 7.11 Å². The van der Waals surface area contributed by atoms with Crippen LogP contribution < -0.4 is 15.8 Å². The van der Waals surface area contributed by atoms with Gasteiger partial charge in [0.1, 0.15) is 16.2 Å². The number of halogens is 1. The minimum absolute atomic E-state index is 0.405. The van der Waals surface area contributed by atoms with E-state index in [1.54, 1.807) is 13.2 Å². The zero-order valence-corrected chi connectivity index (χ0v) is 10.7. The minimum atomic E-state index is 0.405. The lowest BCUT2D eigenvalue weighted by atomic mass is 10.3. The van der Waals surface area contributed by atoms with Crippen molar-refractivity contribution in [2.45, 2.75) is 0 Å². The third-order valence-corrected chi connectivity index (χ3v) is 2.47. The number of aromatic nitrogens is 2. The lowest BCUT2D eigenvalue weighted by Crippen LogP contribution is -2.00. The molecule has 0 spiro atoms. The van der Waals surface area contributed by atoms with E-state index in [-0.39, 0.29) is 0 Å². The Morgan fingerprint density at radius 1 is 1.24 bits per heavy atom. The Balaban J connectivity index is 2.19. The van der Waals surface area contributed by atoms with Crippen LogP contribution in [0.4, 0.5) is 17.5 Å². The largest absolute Gasteiger partial charge is 0.497 e. The molecule has 0 aliphatic heterocycles. The average molecular weight is 295 g/mol. The van der Waals surface area contributed by atoms with Crippen molar-refractivity contribution < 1.29 is 4.74 Å². The lowest BCUT2D eigenvalue weighted by molar-refractivity contribution is 0.415. The highest BCUT2D eigenvalue weighted by molar-refractivity contribution is 9.10. The Hall–Kier alpha value is -1.82. The molecule has 0 aliphatic rings. The number of hydrogen-bond acceptors (Lipinski definition) is 5. The molecule has 1 heterocycles. The van der Waals surface area contributed by atoms with Gasteiger partial charge in [0.2, 0.25) is 5.95 Å². The van der Waals surface area contributed by atoms with Crippen molar-refractivity contribution in [2.24, 2.45) is 0 Å². The maximum Gasteiger partial charge on any atom is 0.230 e. The summed E-state index contributed by atoms with van der Waals surface area (Å²) >= 11 is 3.26. The standard InChI is InChI=1S/C11H11BrN4O/c1-17-8-4-2-7(3-5-8)14-11-15-9(12)6-10(13)16-11/h2-6H,1H3,(H3,13,14,15,16). The molecule has 2 aromatic rings. The molecular weight excluding hydrogens is 284 g/mol. The van der Waals surface area contributed by atoms with Gasteiger partial charge in [-0.3, -0.25) is 0 Å². The van der Waals surface area contributed by atoms with Crippen molar-refractivity contribution >= 4 is 33.4 Å². The Morgan fingerprint density at radius 2 is 1.94 bits per heavy atom. The maximum atomic E-state index is 5.62. The molecule has 6 heteroatoms. The second-order valence-electron chi connectivity index (χ2n) is 3.29. The molecule has 0 radical (unpaired) electrons. The van der Waals surface area contributed by atoms with Gasteiger partial charge >= 0.3 is 0 Å². The van der Waals surface area contributed by atoms with Crippen LogP contribution in [0, 0.1) is 0 Å². The van der Waals surface area contributed by atoms with Gasteiger partial charge in [-0.25, -0.2) is 4.98 Å². The summed E-state index contributed by atoms with van der Waals surface area (Å²) in [7, 11) is 1.63. The summed E-state index contributed by atoms with van der Waals surface area (Å²) in [6.45, 7) is 0. The van der Waals surface area contributed by atoms with Gasteiger partial charge in [-0.15, -0.1) is 0 Å². The van der Waals surface area contributed by atoms with Crippen molar-refractivity contribution in [3.63, 3.8) is 0 Å². The second-order valence-corrected chi connectivity index (χ2v) is 4.11. The number of nitrogens with zero attached hydrogens (tertiary/aromatic N) is 2. The number of methoxy groups -OCH3 is 1. The van der Waals surface area contributed by atoms with Crippen LogP contribution in [0.3, 0.4) is 0 Å². The fraction of sp³-hybridized carbons (Fsp3) is 0.0909. The molecule has 0 bridgehead atoms. The molecule has 0 aliphatic carbocycles. The van der Waals surface area contributed by atoms with Gasteiger partial charge in [0.25, 0.3) is 0 Å². The van der Waals surface area contributed by atoms with E-state index in [1.807, 2.05) is 24.3 Å². The summed E-state index contributed by atoms with van der Waals surface area (Å²) in [4.78, 5) is 8.22. The Labute approximate surface area is 107 Å². The number of anilines is 3. The summed E-state index contributed by atoms with van der Waals surface area (Å²) in [5.74, 6) is 1.65. The van der Waals surface area contributed by atoms with Crippen molar-refractivity contribution in [2.75, 3.05) is 18.2 Å². The number of rotatable bonds is 3. The van der Waals surface area contributed by atoms with Crippen LogP contribution in [0.1, 0.15) is 0 Å². The van der Waals surface area contributed by atoms with E-state index >= 15 is 0 Å². The van der Waals surface area contributed by atoms with Crippen molar-refractivity contribution in [3.8, 4) is 5.75 Å². The van der Waals surface area contributed by atoms with Crippen molar-refractivity contribution in [1.82, 2.24) is 9.97 Å². The van der Waals surface area contributed by atoms with Crippen LogP contribution in [-0.4, -0.2) is 17.1 Å². The lowest BCUT2D eigenvalue weighted by Gasteiger charge is -2.06. The molecule has 0 unspecified atom stereocenters. The highest BCUT2D eigenvalue weighted by atomic mass is 79.9. The highest BCUT2D eigenvalue weighted by Crippen LogP contribution is 2.19. The Kier molecular flexibility index (Phi) is 3.43. The molecule has 3 N–H and O–H groups in total. The predicted octanol–water partition coefficient (Wildman–Crippen LogP) is 2.57. The molecule has 0 atom stereocenters. The van der Waals surface area contributed by atoms with Crippen molar-refractivity contribution in [1.29, 1.82) is 0 Å². The molecular formula is C11H11BrN4O. The summed E-state index contributed by atoms with van der Waals surface area (Å²) in [5.41, 5.74) is 6.48. The number of nitrogens with one attached hydrogen (secondary N) is 1. The van der Waals surface area contributed by atoms with E-state index in [2.05, 4.69) is 31.2 Å². The predicted molar refractivity (Wildman–Crippen MR) is 70.4 cm³/mol. The number of hydrogen-bond donors (Lipinski definition) is 2. The minimum Gasteiger partial charge on any atom is -0.497 e. The first-order valence-corrected chi connectivity index (χ1v) is 5.68. The zero-order chi connectivity index (χ0) is 12.3. The van der Waals surface area contributed by atoms with Crippen LogP contribution >= 0.6 is 15.9 Å². The van der Waals surface area contributed by atoms with E-state index in [0.29, 0.717) is 16.4 Å². The van der Waals surface area contributed by atoms with Gasteiger partial charge in [-0.1, -0.05) is 0 Å². The summed E-state index contributed by atoms with van der Waals surface area (Å²) in [5, 5.41) is 3.05. The van der Waals surface area contributed by atoms with Gasteiger partial charge in [-0.2, -0.15) is 4.98 Å². The third kappa shape index (κ3) is 3.07. The van der Waals surface area contributed by atoms with Gasteiger partial charge in [0, 0.05) is 11.8 Å². The molecule has 1 aromatic heterocycles. The summed E-state index contributed by atoms with van der Waals surface area (Å²) in [6.07, 6.45) is 0. The summed E-state index contributed by atoms with van der Waals surface area (Å²) in [6, 6.07) is 9.09. The molecule has 88 valence electrons. The number of nitrogens with two attached hydrogens (primary N) is 1. The summed E-state index contributed by atoms with van der Waals surface area (Å²) < 4.78 is 5.71. The van der Waals surface area contributed by atoms with Crippen LogP contribution in [-0.2, 0) is 0 Å². The molecule has 17 heavy (non-hydrogen) atoms. The highest BCUT2D eigenvalue weighted by Gasteiger charge is 2.01. The molecule has 5 nitrogen and oxygen atoms in total. The van der Waals surface area contributed by atoms with Gasteiger partial charge < -0.3 is 15.8 Å². The molecule has 0 saturated heterocycles. The van der Waals surface area contributed by atoms with Gasteiger partial charge in [-0.05, 0) is 40.2 Å². The van der Waals surface area contributed by atoms with E-state index in [9.17, 15) is 0 Å². The first-order valence-electron chi connectivity index (χ1n) is 4.88. The Bertz CT molecular complexity index is 495. The first-order chi connectivity index (χ1) is 8.17. The van der Waals surface area contributed by atoms with Crippen LogP contribution in [0.25, 0.3) is 0 Å². The molecule has 0 saturated carbocycles. The molecule has 0 fully saturated rings. The van der Waals surface area contributed by atoms with E-state index in [1.165, 1.54) is 0 Å². The van der Waals surface area contributed by atoms with Gasteiger partial charge in [0.15, 0.2) is 0 Å².